The molecule has 18 heavy (non-hydrogen) atoms. The smallest absolute Gasteiger partial charge is 0.165 e. The van der Waals surface area contributed by atoms with Gasteiger partial charge >= 0.3 is 0 Å². The number of hydrogen-bond donors (Lipinski definition) is 1. The molecule has 1 aromatic rings. The highest BCUT2D eigenvalue weighted by molar-refractivity contribution is 5.97. The maximum Gasteiger partial charge on any atom is 0.165 e. The molecule has 0 heterocycles. The number of nitrogens with two attached hydrogens (primary N) is 1. The number of rotatable bonds is 7. The predicted molar refractivity (Wildman–Crippen MR) is 74.0 cm³/mol. The molecule has 1 aromatic carbocycles. The summed E-state index contributed by atoms with van der Waals surface area (Å²) in [7, 11) is 0. The highest BCUT2D eigenvalue weighted by Gasteiger charge is 2.15. The zero-order chi connectivity index (χ0) is 13.5. The zero-order valence-corrected chi connectivity index (χ0v) is 11.5. The highest BCUT2D eigenvalue weighted by atomic mass is 16.5. The van der Waals surface area contributed by atoms with E-state index in [1.807, 2.05) is 45.0 Å². The minimum atomic E-state index is 0.0165. The van der Waals surface area contributed by atoms with Crippen LogP contribution in [0.5, 0.6) is 5.75 Å². The number of ketones is 1. The van der Waals surface area contributed by atoms with Gasteiger partial charge in [-0.2, -0.15) is 0 Å². The first-order valence-electron chi connectivity index (χ1n) is 6.55. The van der Waals surface area contributed by atoms with E-state index in [1.165, 1.54) is 0 Å². The van der Waals surface area contributed by atoms with Crippen molar-refractivity contribution in [3.63, 3.8) is 0 Å². The average Bonchev–Trinajstić information content (AvgIpc) is 2.34. The molecule has 0 amide bonds. The first-order chi connectivity index (χ1) is 8.54. The van der Waals surface area contributed by atoms with E-state index < -0.39 is 0 Å². The van der Waals surface area contributed by atoms with Gasteiger partial charge < -0.3 is 10.5 Å². The molecule has 0 aliphatic heterocycles. The lowest BCUT2D eigenvalue weighted by Gasteiger charge is -2.13. The van der Waals surface area contributed by atoms with Crippen LogP contribution in [-0.2, 0) is 0 Å². The van der Waals surface area contributed by atoms with E-state index in [9.17, 15) is 4.79 Å². The normalized spacial score (nSPS) is 12.5. The molecule has 0 aliphatic rings. The predicted octanol–water partition coefficient (Wildman–Crippen LogP) is 3.03. The molecule has 0 aliphatic carbocycles. The highest BCUT2D eigenvalue weighted by Crippen LogP contribution is 2.19. The van der Waals surface area contributed by atoms with Gasteiger partial charge in [0.25, 0.3) is 0 Å². The van der Waals surface area contributed by atoms with Gasteiger partial charge in [-0.3, -0.25) is 4.79 Å². The summed E-state index contributed by atoms with van der Waals surface area (Å²) in [5.41, 5.74) is 6.18. The Morgan fingerprint density at radius 3 is 2.67 bits per heavy atom. The molecule has 1 atom stereocenters. The second-order valence-electron chi connectivity index (χ2n) is 4.89. The summed E-state index contributed by atoms with van der Waals surface area (Å²) < 4.78 is 5.59. The van der Waals surface area contributed by atoms with Gasteiger partial charge in [0.2, 0.25) is 0 Å². The van der Waals surface area contributed by atoms with Crippen molar-refractivity contribution in [1.29, 1.82) is 0 Å². The molecule has 0 bridgehead atoms. The molecule has 0 aromatic heterocycles. The van der Waals surface area contributed by atoms with Crippen molar-refractivity contribution < 1.29 is 9.53 Å². The van der Waals surface area contributed by atoms with Gasteiger partial charge in [0.15, 0.2) is 5.78 Å². The lowest BCUT2D eigenvalue weighted by atomic mass is 9.95. The third kappa shape index (κ3) is 4.49. The van der Waals surface area contributed by atoms with Crippen LogP contribution >= 0.6 is 0 Å². The topological polar surface area (TPSA) is 52.3 Å². The van der Waals surface area contributed by atoms with E-state index >= 15 is 0 Å². The van der Waals surface area contributed by atoms with Crippen molar-refractivity contribution >= 4 is 5.78 Å². The molecule has 0 spiro atoms. The third-order valence-electron chi connectivity index (χ3n) is 2.78. The molecule has 2 N–H and O–H groups in total. The molecule has 0 saturated heterocycles. The second-order valence-corrected chi connectivity index (χ2v) is 4.89. The molecule has 1 rings (SSSR count). The Morgan fingerprint density at radius 1 is 1.33 bits per heavy atom. The number of hydrogen-bond acceptors (Lipinski definition) is 3. The van der Waals surface area contributed by atoms with Gasteiger partial charge in [-0.1, -0.05) is 19.1 Å². The molecular formula is C15H23NO2. The van der Waals surface area contributed by atoms with Gasteiger partial charge in [-0.15, -0.1) is 0 Å². The molecule has 0 fully saturated rings. The number of carbonyl (C=O) groups excluding carboxylic acids is 1. The second kappa shape index (κ2) is 7.17. The standard InChI is InChI=1S/C15H23NO2/c1-11(2)18-14-8-4-7-13(10-14)15(17)12(3)6-5-9-16/h4,7-8,10-12H,5-6,9,16H2,1-3H3. The first kappa shape index (κ1) is 14.7. The van der Waals surface area contributed by atoms with Gasteiger partial charge in [0.05, 0.1) is 6.10 Å². The van der Waals surface area contributed by atoms with Crippen LogP contribution in [0.3, 0.4) is 0 Å². The van der Waals surface area contributed by atoms with Crippen LogP contribution in [0.25, 0.3) is 0 Å². The Labute approximate surface area is 109 Å². The molecular weight excluding hydrogens is 226 g/mol. The minimum absolute atomic E-state index is 0.0165. The Bertz CT molecular complexity index is 388. The quantitative estimate of drug-likeness (QED) is 0.756. The van der Waals surface area contributed by atoms with Crippen LogP contribution in [0.4, 0.5) is 0 Å². The number of Topliss-reactive ketones (excluding diaryl/α,β-unsaturated/α-hetero) is 1. The first-order valence-corrected chi connectivity index (χ1v) is 6.55. The zero-order valence-electron chi connectivity index (χ0n) is 11.5. The fourth-order valence-corrected chi connectivity index (χ4v) is 1.83. The van der Waals surface area contributed by atoms with Crippen molar-refractivity contribution in [2.24, 2.45) is 11.7 Å². The maximum atomic E-state index is 12.2. The summed E-state index contributed by atoms with van der Waals surface area (Å²) in [5, 5.41) is 0. The minimum Gasteiger partial charge on any atom is -0.491 e. The van der Waals surface area contributed by atoms with Crippen LogP contribution in [0.1, 0.15) is 44.0 Å². The SMILES string of the molecule is CC(C)Oc1cccc(C(=O)C(C)CCCN)c1. The largest absolute Gasteiger partial charge is 0.491 e. The molecule has 1 unspecified atom stereocenters. The van der Waals surface area contributed by atoms with E-state index in [0.29, 0.717) is 6.54 Å². The molecule has 3 nitrogen and oxygen atoms in total. The lowest BCUT2D eigenvalue weighted by molar-refractivity contribution is 0.0922. The van der Waals surface area contributed by atoms with Crippen molar-refractivity contribution in [3.8, 4) is 5.75 Å². The lowest BCUT2D eigenvalue weighted by Crippen LogP contribution is -2.13. The summed E-state index contributed by atoms with van der Waals surface area (Å²) in [4.78, 5) is 12.2. The Kier molecular flexibility index (Phi) is 5.86. The van der Waals surface area contributed by atoms with Gasteiger partial charge in [0, 0.05) is 11.5 Å². The number of carbonyl (C=O) groups is 1. The Hall–Kier alpha value is -1.35. The van der Waals surface area contributed by atoms with Crippen LogP contribution in [-0.4, -0.2) is 18.4 Å². The summed E-state index contributed by atoms with van der Waals surface area (Å²) >= 11 is 0. The van der Waals surface area contributed by atoms with E-state index in [-0.39, 0.29) is 17.8 Å². The monoisotopic (exact) mass is 249 g/mol. The Morgan fingerprint density at radius 2 is 2.06 bits per heavy atom. The van der Waals surface area contributed by atoms with Gasteiger partial charge in [-0.25, -0.2) is 0 Å². The van der Waals surface area contributed by atoms with Crippen molar-refractivity contribution in [3.05, 3.63) is 29.8 Å². The van der Waals surface area contributed by atoms with Crippen LogP contribution in [0.15, 0.2) is 24.3 Å². The summed E-state index contributed by atoms with van der Waals surface area (Å²) in [5.74, 6) is 0.933. The fraction of sp³-hybridized carbons (Fsp3) is 0.533. The van der Waals surface area contributed by atoms with Crippen LogP contribution in [0.2, 0.25) is 0 Å². The van der Waals surface area contributed by atoms with E-state index in [2.05, 4.69) is 0 Å². The van der Waals surface area contributed by atoms with Crippen LogP contribution < -0.4 is 10.5 Å². The van der Waals surface area contributed by atoms with Crippen LogP contribution in [0, 0.1) is 5.92 Å². The number of benzene rings is 1. The van der Waals surface area contributed by atoms with Crippen molar-refractivity contribution in [2.45, 2.75) is 39.7 Å². The molecule has 100 valence electrons. The molecule has 0 saturated carbocycles. The summed E-state index contributed by atoms with van der Waals surface area (Å²) in [6.07, 6.45) is 1.84. The Balaban J connectivity index is 2.73. The summed E-state index contributed by atoms with van der Waals surface area (Å²) in [6.45, 7) is 6.53. The summed E-state index contributed by atoms with van der Waals surface area (Å²) in [6, 6.07) is 7.40. The van der Waals surface area contributed by atoms with E-state index in [0.717, 1.165) is 24.2 Å². The maximum absolute atomic E-state index is 12.2. The fourth-order valence-electron chi connectivity index (χ4n) is 1.83. The van der Waals surface area contributed by atoms with Crippen molar-refractivity contribution in [1.82, 2.24) is 0 Å². The molecule has 3 heteroatoms. The van der Waals surface area contributed by atoms with Gasteiger partial charge in [0.1, 0.15) is 5.75 Å². The number of ether oxygens (including phenoxy) is 1. The average molecular weight is 249 g/mol. The van der Waals surface area contributed by atoms with E-state index in [4.69, 9.17) is 10.5 Å². The molecule has 0 radical (unpaired) electrons. The van der Waals surface area contributed by atoms with Gasteiger partial charge in [-0.05, 0) is 45.4 Å². The van der Waals surface area contributed by atoms with E-state index in [1.54, 1.807) is 0 Å². The van der Waals surface area contributed by atoms with Crippen molar-refractivity contribution in [2.75, 3.05) is 6.54 Å². The third-order valence-corrected chi connectivity index (χ3v) is 2.78.